The Hall–Kier alpha value is 2.06. The molecule has 40 valence electrons. The zero-order chi connectivity index (χ0) is 8.00. The van der Waals surface area contributed by atoms with E-state index in [-0.39, 0.29) is 0 Å². The van der Waals surface area contributed by atoms with Gasteiger partial charge in [0.1, 0.15) is 0 Å². The fraction of sp³-hybridized carbons (Fsp3) is 0. The molecule has 0 rings (SSSR count). The van der Waals surface area contributed by atoms with Crippen molar-refractivity contribution >= 4 is 0 Å². The van der Waals surface area contributed by atoms with E-state index in [1.807, 2.05) is 0 Å². The van der Waals surface area contributed by atoms with Gasteiger partial charge in [0.25, 0.3) is 0 Å². The Labute approximate surface area is 93.5 Å². The van der Waals surface area contributed by atoms with E-state index >= 15 is 0 Å². The first-order valence-electron chi connectivity index (χ1n) is 0.816. The molecular weight excluding hydrogens is 255 g/mol. The van der Waals surface area contributed by atoms with Crippen LogP contribution >= 0.6 is 0 Å². The SMILES string of the molecule is [O]=[Ti].[O]=[Ti].[O]=[Ti].[O]=[Ti]. The van der Waals surface area contributed by atoms with E-state index in [2.05, 4.69) is 0 Å². The summed E-state index contributed by atoms with van der Waals surface area (Å²) in [5.74, 6) is 0. The Morgan fingerprint density at radius 1 is 0.375 bits per heavy atom. The molecule has 8 heavy (non-hydrogen) atoms. The molecule has 0 aliphatic rings. The number of hydrogen-bond acceptors (Lipinski definition) is 4. The maximum absolute atomic E-state index is 8.25. The summed E-state index contributed by atoms with van der Waals surface area (Å²) in [6.07, 6.45) is 0. The van der Waals surface area contributed by atoms with Crippen LogP contribution in [0, 0.1) is 0 Å². The molecule has 8 heteroatoms. The summed E-state index contributed by atoms with van der Waals surface area (Å²) in [4.78, 5) is 0. The van der Waals surface area contributed by atoms with Crippen LogP contribution in [0.1, 0.15) is 0 Å². The average molecular weight is 255 g/mol. The van der Waals surface area contributed by atoms with Crippen LogP contribution in [-0.4, -0.2) is 0 Å². The molecule has 0 aliphatic heterocycles. The third-order valence-electron chi connectivity index (χ3n) is 0. The van der Waals surface area contributed by atoms with Gasteiger partial charge in [0.05, 0.1) is 0 Å². The summed E-state index contributed by atoms with van der Waals surface area (Å²) in [6.45, 7) is 0. The summed E-state index contributed by atoms with van der Waals surface area (Å²) in [7, 11) is 0. The first kappa shape index (κ1) is 22.5. The molecule has 0 aromatic rings. The number of rotatable bonds is 0. The molecule has 0 heterocycles. The van der Waals surface area contributed by atoms with Crippen molar-refractivity contribution in [1.29, 1.82) is 0 Å². The molecule has 0 aliphatic carbocycles. The van der Waals surface area contributed by atoms with Crippen molar-refractivity contribution in [1.82, 2.24) is 0 Å². The minimum absolute atomic E-state index is 0.750. The molecule has 4 nitrogen and oxygen atoms in total. The van der Waals surface area contributed by atoms with E-state index in [9.17, 15) is 0 Å². The molecule has 0 saturated carbocycles. The summed E-state index contributed by atoms with van der Waals surface area (Å²) >= 11 is 3.00. The van der Waals surface area contributed by atoms with Crippen molar-refractivity contribution < 1.29 is 94.9 Å². The van der Waals surface area contributed by atoms with Crippen LogP contribution in [0.15, 0.2) is 0 Å². The molecule has 0 spiro atoms. The Morgan fingerprint density at radius 3 is 0.375 bits per heavy atom. The average Bonchev–Trinajstić information content (AvgIpc) is 2.03. The van der Waals surface area contributed by atoms with Gasteiger partial charge in [-0.05, 0) is 0 Å². The van der Waals surface area contributed by atoms with Crippen molar-refractivity contribution in [3.8, 4) is 0 Å². The van der Waals surface area contributed by atoms with Crippen LogP contribution in [0.4, 0.5) is 0 Å². The van der Waals surface area contributed by atoms with Crippen LogP contribution in [0.25, 0.3) is 0 Å². The van der Waals surface area contributed by atoms with Crippen molar-refractivity contribution in [3.05, 3.63) is 0 Å². The van der Waals surface area contributed by atoms with Crippen LogP contribution in [0.5, 0.6) is 0 Å². The third kappa shape index (κ3) is 94.8. The van der Waals surface area contributed by atoms with Crippen LogP contribution in [-0.2, 0) is 94.9 Å². The Kier molecular flexibility index (Phi) is 391. The summed E-state index contributed by atoms with van der Waals surface area (Å²) < 4.78 is 33.0. The maximum atomic E-state index is 8.25. The first-order valence-corrected chi connectivity index (χ1v) is 3.37. The predicted molar refractivity (Wildman–Crippen MR) is 2.75 cm³/mol. The standard InChI is InChI=1S/4O.4Ti. The molecule has 0 atom stereocenters. The minimum atomic E-state index is 0.750. The van der Waals surface area contributed by atoms with Gasteiger partial charge in [-0.25, -0.2) is 0 Å². The zero-order valence-electron chi connectivity index (χ0n) is 3.63. The van der Waals surface area contributed by atoms with Crippen LogP contribution in [0.2, 0.25) is 0 Å². The molecule has 0 saturated heterocycles. The number of hydrogen-bond donors (Lipinski definition) is 0. The summed E-state index contributed by atoms with van der Waals surface area (Å²) in [5.41, 5.74) is 0. The Balaban J connectivity index is -0.0000000133. The molecule has 0 fully saturated rings. The van der Waals surface area contributed by atoms with E-state index in [0.29, 0.717) is 0 Å². The van der Waals surface area contributed by atoms with E-state index in [4.69, 9.17) is 13.3 Å². The quantitative estimate of drug-likeness (QED) is 0.548. The molecule has 0 unspecified atom stereocenters. The second-order valence-electron chi connectivity index (χ2n) is 0. The fourth-order valence-corrected chi connectivity index (χ4v) is 0. The topological polar surface area (TPSA) is 68.3 Å². The van der Waals surface area contributed by atoms with E-state index in [1.54, 1.807) is 0 Å². The molecule has 0 bridgehead atoms. The van der Waals surface area contributed by atoms with Gasteiger partial charge in [-0.1, -0.05) is 0 Å². The van der Waals surface area contributed by atoms with Gasteiger partial charge in [0, 0.05) is 0 Å². The van der Waals surface area contributed by atoms with Gasteiger partial charge in [-0.3, -0.25) is 0 Å². The van der Waals surface area contributed by atoms with Gasteiger partial charge in [-0.15, -0.1) is 0 Å². The van der Waals surface area contributed by atoms with Crippen molar-refractivity contribution in [2.24, 2.45) is 0 Å². The van der Waals surface area contributed by atoms with Gasteiger partial charge in [0.15, 0.2) is 0 Å². The second-order valence-corrected chi connectivity index (χ2v) is 0. The van der Waals surface area contributed by atoms with Gasteiger partial charge in [-0.2, -0.15) is 0 Å². The fourth-order valence-electron chi connectivity index (χ4n) is 0. The molecule has 0 radical (unpaired) electrons. The van der Waals surface area contributed by atoms with Crippen LogP contribution < -0.4 is 0 Å². The van der Waals surface area contributed by atoms with Gasteiger partial charge >= 0.3 is 94.9 Å². The molecule has 0 aromatic carbocycles. The van der Waals surface area contributed by atoms with Crippen molar-refractivity contribution in [3.63, 3.8) is 0 Å². The third-order valence-corrected chi connectivity index (χ3v) is 0. The second kappa shape index (κ2) is 139. The normalized spacial score (nSPS) is 1.50. The van der Waals surface area contributed by atoms with Crippen molar-refractivity contribution in [2.45, 2.75) is 0 Å². The summed E-state index contributed by atoms with van der Waals surface area (Å²) in [5, 5.41) is 0. The van der Waals surface area contributed by atoms with E-state index in [1.165, 1.54) is 0 Å². The Morgan fingerprint density at radius 2 is 0.375 bits per heavy atom. The van der Waals surface area contributed by atoms with Gasteiger partial charge in [0.2, 0.25) is 0 Å². The Bertz CT molecular complexity index is 16.0. The van der Waals surface area contributed by atoms with E-state index in [0.717, 1.165) is 81.6 Å². The van der Waals surface area contributed by atoms with Gasteiger partial charge < -0.3 is 0 Å². The zero-order valence-corrected chi connectivity index (χ0v) is 9.88. The monoisotopic (exact) mass is 256 g/mol. The summed E-state index contributed by atoms with van der Waals surface area (Å²) in [6, 6.07) is 0. The molecule has 0 N–H and O–H groups in total. The predicted octanol–water partition coefficient (Wildman–Crippen LogP) is -0.485. The van der Waals surface area contributed by atoms with Crippen LogP contribution in [0.3, 0.4) is 0 Å². The molecule has 0 amide bonds. The first-order chi connectivity index (χ1) is 4.00. The van der Waals surface area contributed by atoms with Crippen molar-refractivity contribution in [2.75, 3.05) is 0 Å². The van der Waals surface area contributed by atoms with E-state index < -0.39 is 0 Å². The molecular formula is O4Ti4. The molecule has 0 aromatic heterocycles.